The highest BCUT2D eigenvalue weighted by Gasteiger charge is 1.99. The second kappa shape index (κ2) is 4.92. The standard InChI is InChI=1S/C10H13NOS/c1-13(2)11-10(12)8-9-6-4-3-5-7-9/h3-7H,8H2,1-2H3. The lowest BCUT2D eigenvalue weighted by atomic mass is 10.1. The van der Waals surface area contributed by atoms with Crippen molar-refractivity contribution in [3.63, 3.8) is 0 Å². The Morgan fingerprint density at radius 2 is 1.92 bits per heavy atom. The van der Waals surface area contributed by atoms with Crippen LogP contribution in [0.1, 0.15) is 5.56 Å². The van der Waals surface area contributed by atoms with E-state index >= 15 is 0 Å². The molecule has 0 aliphatic carbocycles. The molecular formula is C10H13NOS. The zero-order chi connectivity index (χ0) is 9.68. The summed E-state index contributed by atoms with van der Waals surface area (Å²) in [6.45, 7) is 0. The minimum absolute atomic E-state index is 0.0282. The third-order valence-electron chi connectivity index (χ3n) is 1.48. The fourth-order valence-corrected chi connectivity index (χ4v) is 1.48. The average molecular weight is 195 g/mol. The van der Waals surface area contributed by atoms with Gasteiger partial charge in [-0.1, -0.05) is 41.0 Å². The smallest absolute Gasteiger partial charge is 0.255 e. The van der Waals surface area contributed by atoms with Crippen LogP contribution in [0.2, 0.25) is 0 Å². The van der Waals surface area contributed by atoms with Gasteiger partial charge in [0.15, 0.2) is 0 Å². The third kappa shape index (κ3) is 3.99. The Morgan fingerprint density at radius 3 is 2.46 bits per heavy atom. The monoisotopic (exact) mass is 195 g/mol. The number of hydrogen-bond acceptors (Lipinski definition) is 1. The molecule has 0 aliphatic heterocycles. The van der Waals surface area contributed by atoms with Crippen LogP contribution in [0.25, 0.3) is 0 Å². The van der Waals surface area contributed by atoms with Crippen LogP contribution in [-0.4, -0.2) is 18.4 Å². The van der Waals surface area contributed by atoms with E-state index in [0.717, 1.165) is 5.56 Å². The van der Waals surface area contributed by atoms with Crippen molar-refractivity contribution in [1.82, 2.24) is 0 Å². The Morgan fingerprint density at radius 1 is 1.31 bits per heavy atom. The molecule has 0 spiro atoms. The summed E-state index contributed by atoms with van der Waals surface area (Å²) >= 11 is 0. The molecule has 0 atom stereocenters. The van der Waals surface area contributed by atoms with Gasteiger partial charge in [0.05, 0.1) is 6.42 Å². The maximum atomic E-state index is 11.3. The number of nitrogens with zero attached hydrogens (tertiary/aromatic N) is 1. The summed E-state index contributed by atoms with van der Waals surface area (Å²) in [5.41, 5.74) is 1.03. The van der Waals surface area contributed by atoms with Crippen molar-refractivity contribution in [2.75, 3.05) is 12.5 Å². The zero-order valence-electron chi connectivity index (χ0n) is 7.86. The Bertz CT molecular complexity index is 315. The van der Waals surface area contributed by atoms with Crippen LogP contribution in [0.15, 0.2) is 34.7 Å². The first-order valence-electron chi connectivity index (χ1n) is 4.04. The molecule has 3 heteroatoms. The number of hydrogen-bond donors (Lipinski definition) is 0. The van der Waals surface area contributed by atoms with Crippen LogP contribution in [0, 0.1) is 0 Å². The molecule has 0 bridgehead atoms. The van der Waals surface area contributed by atoms with Crippen molar-refractivity contribution in [3.05, 3.63) is 35.9 Å². The van der Waals surface area contributed by atoms with E-state index in [1.54, 1.807) is 0 Å². The summed E-state index contributed by atoms with van der Waals surface area (Å²) in [7, 11) is -0.144. The molecule has 0 saturated carbocycles. The molecule has 0 N–H and O–H groups in total. The van der Waals surface area contributed by atoms with Gasteiger partial charge in [-0.3, -0.25) is 4.79 Å². The molecule has 1 amide bonds. The topological polar surface area (TPSA) is 29.4 Å². The fraction of sp³-hybridized carbons (Fsp3) is 0.300. The second-order valence-electron chi connectivity index (χ2n) is 2.92. The minimum atomic E-state index is -0.144. The van der Waals surface area contributed by atoms with Gasteiger partial charge in [-0.25, -0.2) is 0 Å². The molecule has 1 aromatic rings. The Balaban J connectivity index is 2.61. The van der Waals surface area contributed by atoms with Gasteiger partial charge in [-0.05, 0) is 18.1 Å². The van der Waals surface area contributed by atoms with Gasteiger partial charge in [-0.15, -0.1) is 0 Å². The largest absolute Gasteiger partial charge is 0.272 e. The van der Waals surface area contributed by atoms with Crippen LogP contribution < -0.4 is 0 Å². The highest BCUT2D eigenvalue weighted by Crippen LogP contribution is 2.00. The van der Waals surface area contributed by atoms with Gasteiger partial charge in [-0.2, -0.15) is 4.36 Å². The molecule has 0 radical (unpaired) electrons. The fourth-order valence-electron chi connectivity index (χ4n) is 1.01. The van der Waals surface area contributed by atoms with Crippen molar-refractivity contribution < 1.29 is 4.79 Å². The van der Waals surface area contributed by atoms with Crippen LogP contribution in [-0.2, 0) is 21.9 Å². The van der Waals surface area contributed by atoms with Crippen molar-refractivity contribution in [2.24, 2.45) is 4.36 Å². The lowest BCUT2D eigenvalue weighted by Crippen LogP contribution is -2.00. The Kier molecular flexibility index (Phi) is 3.83. The van der Waals surface area contributed by atoms with Crippen molar-refractivity contribution in [2.45, 2.75) is 6.42 Å². The lowest BCUT2D eigenvalue weighted by molar-refractivity contribution is -0.116. The van der Waals surface area contributed by atoms with Crippen molar-refractivity contribution >= 4 is 16.6 Å². The van der Waals surface area contributed by atoms with Gasteiger partial charge in [0.25, 0.3) is 5.91 Å². The second-order valence-corrected chi connectivity index (χ2v) is 4.65. The zero-order valence-corrected chi connectivity index (χ0v) is 8.67. The molecule has 0 saturated heterocycles. The van der Waals surface area contributed by atoms with Gasteiger partial charge in [0.1, 0.15) is 0 Å². The first-order chi connectivity index (χ1) is 6.18. The molecule has 2 nitrogen and oxygen atoms in total. The van der Waals surface area contributed by atoms with E-state index in [1.165, 1.54) is 0 Å². The molecule has 1 aromatic carbocycles. The lowest BCUT2D eigenvalue weighted by Gasteiger charge is -1.96. The number of carbonyl (C=O) groups is 1. The molecule has 0 aliphatic rings. The van der Waals surface area contributed by atoms with Crippen LogP contribution in [0.5, 0.6) is 0 Å². The van der Waals surface area contributed by atoms with E-state index in [2.05, 4.69) is 4.36 Å². The summed E-state index contributed by atoms with van der Waals surface area (Å²) in [5.74, 6) is -0.0282. The predicted molar refractivity (Wildman–Crippen MR) is 56.8 cm³/mol. The third-order valence-corrected chi connectivity index (χ3v) is 2.05. The molecule has 13 heavy (non-hydrogen) atoms. The summed E-state index contributed by atoms with van der Waals surface area (Å²) in [6, 6.07) is 9.68. The molecular weight excluding hydrogens is 182 g/mol. The summed E-state index contributed by atoms with van der Waals surface area (Å²) in [5, 5.41) is 0. The maximum Gasteiger partial charge on any atom is 0.255 e. The highest BCUT2D eigenvalue weighted by molar-refractivity contribution is 7.86. The molecule has 0 fully saturated rings. The molecule has 0 aromatic heterocycles. The van der Waals surface area contributed by atoms with Crippen LogP contribution >= 0.6 is 0 Å². The van der Waals surface area contributed by atoms with Gasteiger partial charge < -0.3 is 0 Å². The SMILES string of the molecule is CS(C)=NC(=O)Cc1ccccc1. The number of carbonyl (C=O) groups excluding carboxylic acids is 1. The molecule has 70 valence electrons. The van der Waals surface area contributed by atoms with Crippen LogP contribution in [0.4, 0.5) is 0 Å². The average Bonchev–Trinajstić information content (AvgIpc) is 2.04. The summed E-state index contributed by atoms with van der Waals surface area (Å²) in [6.07, 6.45) is 4.29. The maximum absolute atomic E-state index is 11.3. The Hall–Kier alpha value is -0.960. The first kappa shape index (κ1) is 10.1. The minimum Gasteiger partial charge on any atom is -0.272 e. The van der Waals surface area contributed by atoms with E-state index in [4.69, 9.17) is 0 Å². The molecule has 0 unspecified atom stereocenters. The molecule has 0 heterocycles. The van der Waals surface area contributed by atoms with Gasteiger partial charge in [0.2, 0.25) is 0 Å². The summed E-state index contributed by atoms with van der Waals surface area (Å²) in [4.78, 5) is 11.3. The number of benzene rings is 1. The van der Waals surface area contributed by atoms with Crippen molar-refractivity contribution in [1.29, 1.82) is 0 Å². The predicted octanol–water partition coefficient (Wildman–Crippen LogP) is 1.82. The van der Waals surface area contributed by atoms with E-state index < -0.39 is 0 Å². The van der Waals surface area contributed by atoms with Gasteiger partial charge >= 0.3 is 0 Å². The van der Waals surface area contributed by atoms with E-state index in [0.29, 0.717) is 6.42 Å². The first-order valence-corrected chi connectivity index (χ1v) is 6.04. The normalized spacial score (nSPS) is 10.1. The Labute approximate surface area is 81.1 Å². The van der Waals surface area contributed by atoms with Crippen molar-refractivity contribution in [3.8, 4) is 0 Å². The quantitative estimate of drug-likeness (QED) is 0.707. The van der Waals surface area contributed by atoms with Gasteiger partial charge in [0, 0.05) is 0 Å². The van der Waals surface area contributed by atoms with E-state index in [-0.39, 0.29) is 16.6 Å². The van der Waals surface area contributed by atoms with Crippen LogP contribution in [0.3, 0.4) is 0 Å². The molecule has 1 rings (SSSR count). The van der Waals surface area contributed by atoms with E-state index in [9.17, 15) is 4.79 Å². The number of rotatable bonds is 2. The summed E-state index contributed by atoms with van der Waals surface area (Å²) < 4.78 is 3.96. The van der Waals surface area contributed by atoms with E-state index in [1.807, 2.05) is 42.8 Å². The highest BCUT2D eigenvalue weighted by atomic mass is 32.2. The number of amides is 1.